The quantitative estimate of drug-likeness (QED) is 0.755. The van der Waals surface area contributed by atoms with Crippen LogP contribution in [0.5, 0.6) is 0 Å². The number of hydrogen-bond acceptors (Lipinski definition) is 2. The Hall–Kier alpha value is -0.560. The maximum absolute atomic E-state index is 9.42. The van der Waals surface area contributed by atoms with Gasteiger partial charge in [-0.15, -0.1) is 0 Å². The molecule has 0 bridgehead atoms. The first-order chi connectivity index (χ1) is 8.82. The Morgan fingerprint density at radius 2 is 2.05 bits per heavy atom. The standard InChI is InChI=1S/C15H18BrClN2/c1-15(2,3)19-8-10(7-18)13(9-19)12-6-11(17)4-5-14(12)16/h4-6,10,13H,8-9H2,1-3H3/t10-,13-/m0/s1. The molecular formula is C15H18BrClN2. The summed E-state index contributed by atoms with van der Waals surface area (Å²) in [6.45, 7) is 8.30. The minimum absolute atomic E-state index is 0.0222. The average molecular weight is 342 g/mol. The Bertz CT molecular complexity index is 516. The fourth-order valence-corrected chi connectivity index (χ4v) is 3.32. The lowest BCUT2D eigenvalue weighted by Crippen LogP contribution is -2.39. The summed E-state index contributed by atoms with van der Waals surface area (Å²) in [5.41, 5.74) is 1.24. The number of benzene rings is 1. The van der Waals surface area contributed by atoms with Crippen molar-refractivity contribution in [2.45, 2.75) is 32.2 Å². The van der Waals surface area contributed by atoms with Gasteiger partial charge in [-0.3, -0.25) is 4.90 Å². The molecule has 0 saturated carbocycles. The van der Waals surface area contributed by atoms with Crippen molar-refractivity contribution in [1.29, 1.82) is 5.26 Å². The van der Waals surface area contributed by atoms with Gasteiger partial charge in [-0.1, -0.05) is 27.5 Å². The molecule has 0 radical (unpaired) electrons. The van der Waals surface area contributed by atoms with Crippen LogP contribution < -0.4 is 0 Å². The van der Waals surface area contributed by atoms with E-state index in [1.54, 1.807) is 0 Å². The van der Waals surface area contributed by atoms with Crippen molar-refractivity contribution in [3.8, 4) is 6.07 Å². The fourth-order valence-electron chi connectivity index (χ4n) is 2.60. The molecule has 4 heteroatoms. The van der Waals surface area contributed by atoms with E-state index in [4.69, 9.17) is 11.6 Å². The highest BCUT2D eigenvalue weighted by Crippen LogP contribution is 2.39. The second-order valence-electron chi connectivity index (χ2n) is 6.08. The molecule has 1 fully saturated rings. The molecule has 1 heterocycles. The van der Waals surface area contributed by atoms with Crippen molar-refractivity contribution in [2.75, 3.05) is 13.1 Å². The minimum atomic E-state index is 0.0222. The smallest absolute Gasteiger partial charge is 0.0676 e. The van der Waals surface area contributed by atoms with E-state index in [2.05, 4.69) is 47.7 Å². The Morgan fingerprint density at radius 1 is 1.37 bits per heavy atom. The summed E-state index contributed by atoms with van der Waals surface area (Å²) in [6.07, 6.45) is 0. The summed E-state index contributed by atoms with van der Waals surface area (Å²) in [6, 6.07) is 8.27. The summed E-state index contributed by atoms with van der Waals surface area (Å²) < 4.78 is 1.04. The number of nitrogens with zero attached hydrogens (tertiary/aromatic N) is 2. The van der Waals surface area contributed by atoms with Crippen LogP contribution in [0.2, 0.25) is 5.02 Å². The summed E-state index contributed by atoms with van der Waals surface area (Å²) in [5.74, 6) is 0.242. The zero-order valence-electron chi connectivity index (χ0n) is 11.5. The second-order valence-corrected chi connectivity index (χ2v) is 7.37. The van der Waals surface area contributed by atoms with E-state index in [9.17, 15) is 5.26 Å². The van der Waals surface area contributed by atoms with E-state index in [0.717, 1.165) is 28.1 Å². The molecule has 1 aliphatic rings. The van der Waals surface area contributed by atoms with Crippen molar-refractivity contribution >= 4 is 27.5 Å². The predicted molar refractivity (Wildman–Crippen MR) is 82.3 cm³/mol. The van der Waals surface area contributed by atoms with Gasteiger partial charge < -0.3 is 0 Å². The Kier molecular flexibility index (Phi) is 4.25. The van der Waals surface area contributed by atoms with E-state index in [1.165, 1.54) is 0 Å². The lowest BCUT2D eigenvalue weighted by Gasteiger charge is -2.31. The molecule has 2 atom stereocenters. The summed E-state index contributed by atoms with van der Waals surface area (Å²) >= 11 is 9.68. The average Bonchev–Trinajstić information content (AvgIpc) is 2.76. The third kappa shape index (κ3) is 3.13. The number of hydrogen-bond donors (Lipinski definition) is 0. The van der Waals surface area contributed by atoms with Crippen molar-refractivity contribution < 1.29 is 0 Å². The van der Waals surface area contributed by atoms with Gasteiger partial charge in [0.05, 0.1) is 12.0 Å². The lowest BCUT2D eigenvalue weighted by atomic mass is 9.90. The Balaban J connectivity index is 2.34. The maximum Gasteiger partial charge on any atom is 0.0676 e. The van der Waals surface area contributed by atoms with Gasteiger partial charge in [-0.25, -0.2) is 0 Å². The van der Waals surface area contributed by atoms with Crippen LogP contribution >= 0.6 is 27.5 Å². The molecule has 0 aromatic heterocycles. The summed E-state index contributed by atoms with van der Waals surface area (Å²) in [4.78, 5) is 2.37. The Morgan fingerprint density at radius 3 is 2.63 bits per heavy atom. The molecule has 1 aliphatic heterocycles. The van der Waals surface area contributed by atoms with Gasteiger partial charge >= 0.3 is 0 Å². The fraction of sp³-hybridized carbons (Fsp3) is 0.533. The molecule has 0 N–H and O–H groups in total. The van der Waals surface area contributed by atoms with Crippen molar-refractivity contribution in [2.24, 2.45) is 5.92 Å². The van der Waals surface area contributed by atoms with Gasteiger partial charge in [0.15, 0.2) is 0 Å². The highest BCUT2D eigenvalue weighted by molar-refractivity contribution is 9.10. The zero-order valence-corrected chi connectivity index (χ0v) is 13.8. The van der Waals surface area contributed by atoms with E-state index >= 15 is 0 Å². The van der Waals surface area contributed by atoms with E-state index < -0.39 is 0 Å². The van der Waals surface area contributed by atoms with Gasteiger partial charge in [0.1, 0.15) is 0 Å². The van der Waals surface area contributed by atoms with Crippen LogP contribution in [-0.2, 0) is 0 Å². The lowest BCUT2D eigenvalue weighted by molar-refractivity contribution is 0.170. The van der Waals surface area contributed by atoms with Crippen LogP contribution in [0.3, 0.4) is 0 Å². The summed E-state index contributed by atoms with van der Waals surface area (Å²) in [5, 5.41) is 10.1. The van der Waals surface area contributed by atoms with Crippen molar-refractivity contribution in [3.63, 3.8) is 0 Å². The summed E-state index contributed by atoms with van der Waals surface area (Å²) in [7, 11) is 0. The first-order valence-electron chi connectivity index (χ1n) is 6.42. The number of nitriles is 1. The molecule has 19 heavy (non-hydrogen) atoms. The number of likely N-dealkylation sites (tertiary alicyclic amines) is 1. The molecule has 1 aromatic rings. The minimum Gasteiger partial charge on any atom is -0.297 e. The van der Waals surface area contributed by atoms with Gasteiger partial charge in [0.25, 0.3) is 0 Å². The zero-order chi connectivity index (χ0) is 14.2. The molecule has 0 aliphatic carbocycles. The molecule has 1 saturated heterocycles. The van der Waals surface area contributed by atoms with Gasteiger partial charge in [0.2, 0.25) is 0 Å². The molecule has 0 unspecified atom stereocenters. The topological polar surface area (TPSA) is 27.0 Å². The van der Waals surface area contributed by atoms with Crippen LogP contribution in [0.15, 0.2) is 22.7 Å². The first kappa shape index (κ1) is 14.8. The molecule has 0 amide bonds. The SMILES string of the molecule is CC(C)(C)N1C[C@H](c2cc(Cl)ccc2Br)[C@@H](C#N)C1. The molecule has 0 spiro atoms. The van der Waals surface area contributed by atoms with Gasteiger partial charge in [0, 0.05) is 34.0 Å². The highest BCUT2D eigenvalue weighted by Gasteiger charge is 2.39. The van der Waals surface area contributed by atoms with E-state index in [-0.39, 0.29) is 17.4 Å². The largest absolute Gasteiger partial charge is 0.297 e. The molecular weight excluding hydrogens is 324 g/mol. The second kappa shape index (κ2) is 5.44. The maximum atomic E-state index is 9.42. The van der Waals surface area contributed by atoms with Gasteiger partial charge in [-0.05, 0) is 44.5 Å². The van der Waals surface area contributed by atoms with Crippen molar-refractivity contribution in [1.82, 2.24) is 4.90 Å². The van der Waals surface area contributed by atoms with Crippen LogP contribution in [-0.4, -0.2) is 23.5 Å². The van der Waals surface area contributed by atoms with E-state index in [0.29, 0.717) is 0 Å². The molecule has 1 aromatic carbocycles. The van der Waals surface area contributed by atoms with E-state index in [1.807, 2.05) is 18.2 Å². The Labute approximate surface area is 128 Å². The van der Waals surface area contributed by atoms with Gasteiger partial charge in [-0.2, -0.15) is 5.26 Å². The normalized spacial score (nSPS) is 24.4. The number of halogens is 2. The van der Waals surface area contributed by atoms with Crippen LogP contribution in [0.25, 0.3) is 0 Å². The van der Waals surface area contributed by atoms with Crippen LogP contribution in [0.1, 0.15) is 32.3 Å². The van der Waals surface area contributed by atoms with Crippen LogP contribution in [0.4, 0.5) is 0 Å². The number of rotatable bonds is 1. The van der Waals surface area contributed by atoms with Crippen molar-refractivity contribution in [3.05, 3.63) is 33.3 Å². The highest BCUT2D eigenvalue weighted by atomic mass is 79.9. The third-order valence-corrected chi connectivity index (χ3v) is 4.75. The first-order valence-corrected chi connectivity index (χ1v) is 7.59. The molecule has 2 nitrogen and oxygen atoms in total. The molecule has 102 valence electrons. The predicted octanol–water partition coefficient (Wildman–Crippen LogP) is 4.44. The molecule has 2 rings (SSSR count). The third-order valence-electron chi connectivity index (χ3n) is 3.79. The van der Waals surface area contributed by atoms with Crippen LogP contribution in [0, 0.1) is 17.2 Å². The monoisotopic (exact) mass is 340 g/mol.